The average Bonchev–Trinajstić information content (AvgIpc) is 3.21. The highest BCUT2D eigenvalue weighted by Crippen LogP contribution is 2.11. The van der Waals surface area contributed by atoms with E-state index in [4.69, 9.17) is 14.2 Å². The molecule has 0 heterocycles. The SMILES string of the molecule is CC/C=C\C/C=C\C/C=C\CCCC(=O)OC(COC(=O)CCC/C=C\C/C=C\C/C=C\C/C=C\CCCCC)COC(=O)CCCCCCC/C=C\CCCC. The van der Waals surface area contributed by atoms with Gasteiger partial charge in [0.25, 0.3) is 0 Å². The molecule has 1 atom stereocenters. The van der Waals surface area contributed by atoms with Gasteiger partial charge < -0.3 is 14.2 Å². The minimum absolute atomic E-state index is 0.121. The molecule has 0 bridgehead atoms. The lowest BCUT2D eigenvalue weighted by molar-refractivity contribution is -0.167. The minimum atomic E-state index is -0.827. The largest absolute Gasteiger partial charge is 0.462 e. The predicted octanol–water partition coefficient (Wildman–Crippen LogP) is 14.6. The fourth-order valence-electron chi connectivity index (χ4n) is 5.61. The van der Waals surface area contributed by atoms with E-state index in [2.05, 4.69) is 118 Å². The molecular formula is C51H82O6. The molecule has 57 heavy (non-hydrogen) atoms. The molecule has 0 saturated heterocycles. The van der Waals surface area contributed by atoms with Crippen LogP contribution in [0.4, 0.5) is 0 Å². The summed E-state index contributed by atoms with van der Waals surface area (Å²) in [6.45, 7) is 6.32. The zero-order valence-corrected chi connectivity index (χ0v) is 36.6. The fraction of sp³-hybridized carbons (Fsp3) is 0.627. The van der Waals surface area contributed by atoms with Gasteiger partial charge in [0.1, 0.15) is 13.2 Å². The Kier molecular flexibility index (Phi) is 42.1. The molecule has 0 rings (SSSR count). The van der Waals surface area contributed by atoms with E-state index in [0.717, 1.165) is 83.5 Å². The topological polar surface area (TPSA) is 78.9 Å². The Balaban J connectivity index is 4.54. The maximum atomic E-state index is 12.7. The Morgan fingerprint density at radius 1 is 0.368 bits per heavy atom. The van der Waals surface area contributed by atoms with E-state index in [1.54, 1.807) is 0 Å². The number of allylic oxidation sites excluding steroid dienone is 16. The third kappa shape index (κ3) is 43.3. The van der Waals surface area contributed by atoms with Gasteiger partial charge in [0, 0.05) is 19.3 Å². The molecule has 6 nitrogen and oxygen atoms in total. The van der Waals surface area contributed by atoms with Crippen molar-refractivity contribution in [2.24, 2.45) is 0 Å². The van der Waals surface area contributed by atoms with Crippen molar-refractivity contribution < 1.29 is 28.6 Å². The summed E-state index contributed by atoms with van der Waals surface area (Å²) in [7, 11) is 0. The first-order valence-electron chi connectivity index (χ1n) is 22.7. The second-order valence-corrected chi connectivity index (χ2v) is 14.6. The van der Waals surface area contributed by atoms with Crippen LogP contribution in [-0.4, -0.2) is 37.2 Å². The van der Waals surface area contributed by atoms with Crippen LogP contribution >= 0.6 is 0 Å². The van der Waals surface area contributed by atoms with E-state index < -0.39 is 6.10 Å². The smallest absolute Gasteiger partial charge is 0.306 e. The molecule has 0 aromatic rings. The van der Waals surface area contributed by atoms with Crippen molar-refractivity contribution in [1.82, 2.24) is 0 Å². The Morgan fingerprint density at radius 3 is 1.21 bits per heavy atom. The zero-order chi connectivity index (χ0) is 41.5. The maximum Gasteiger partial charge on any atom is 0.306 e. The zero-order valence-electron chi connectivity index (χ0n) is 36.6. The number of unbranched alkanes of at least 4 members (excludes halogenated alkanes) is 12. The summed E-state index contributed by atoms with van der Waals surface area (Å²) in [5, 5.41) is 0. The fourth-order valence-corrected chi connectivity index (χ4v) is 5.61. The second kappa shape index (κ2) is 45.0. The van der Waals surface area contributed by atoms with Gasteiger partial charge in [0.15, 0.2) is 6.10 Å². The van der Waals surface area contributed by atoms with Crippen LogP contribution in [-0.2, 0) is 28.6 Å². The van der Waals surface area contributed by atoms with Crippen LogP contribution < -0.4 is 0 Å². The number of carbonyl (C=O) groups excluding carboxylic acids is 3. The molecule has 0 N–H and O–H groups in total. The summed E-state index contributed by atoms with van der Waals surface area (Å²) in [5.74, 6) is -1.06. The van der Waals surface area contributed by atoms with E-state index in [1.807, 2.05) is 0 Å². The first-order valence-corrected chi connectivity index (χ1v) is 22.7. The van der Waals surface area contributed by atoms with Crippen molar-refractivity contribution in [3.05, 3.63) is 97.2 Å². The van der Waals surface area contributed by atoms with Crippen LogP contribution in [0.15, 0.2) is 97.2 Å². The Labute approximate surface area is 349 Å². The molecule has 6 heteroatoms. The van der Waals surface area contributed by atoms with Crippen molar-refractivity contribution in [1.29, 1.82) is 0 Å². The van der Waals surface area contributed by atoms with E-state index in [1.165, 1.54) is 51.4 Å². The third-order valence-corrected chi connectivity index (χ3v) is 9.04. The van der Waals surface area contributed by atoms with Crippen LogP contribution in [0.1, 0.15) is 188 Å². The van der Waals surface area contributed by atoms with E-state index in [0.29, 0.717) is 19.3 Å². The summed E-state index contributed by atoms with van der Waals surface area (Å²) in [4.78, 5) is 37.7. The normalized spacial score (nSPS) is 13.0. The second-order valence-electron chi connectivity index (χ2n) is 14.6. The van der Waals surface area contributed by atoms with Crippen LogP contribution in [0, 0.1) is 0 Å². The highest BCUT2D eigenvalue weighted by molar-refractivity contribution is 5.71. The molecule has 0 aromatic heterocycles. The molecule has 0 aliphatic heterocycles. The standard InChI is InChI=1S/C51H82O6/c1-4-7-10-13-16-19-22-23-24-25-26-27-30-32-35-38-41-44-50(53)56-47-48(57-51(54)45-42-39-36-33-29-21-18-15-12-9-6-3)46-55-49(52)43-40-37-34-31-28-20-17-14-11-8-5-2/h9,12,14,16-19,21,23-24,26-27,32-33,35-36,48H,4-8,10-11,13,15,20,22,25,28-31,34,37-47H2,1-3H3/b12-9-,17-14-,19-16-,21-18-,24-23-,27-26-,35-32-,36-33-. The lowest BCUT2D eigenvalue weighted by Crippen LogP contribution is -2.30. The van der Waals surface area contributed by atoms with Crippen LogP contribution in [0.3, 0.4) is 0 Å². The van der Waals surface area contributed by atoms with E-state index >= 15 is 0 Å². The number of esters is 3. The molecule has 0 fully saturated rings. The first kappa shape index (κ1) is 53.3. The number of rotatable bonds is 39. The van der Waals surface area contributed by atoms with Gasteiger partial charge in [0.2, 0.25) is 0 Å². The molecular weight excluding hydrogens is 709 g/mol. The Bertz CT molecular complexity index is 1180. The number of hydrogen-bond acceptors (Lipinski definition) is 6. The first-order chi connectivity index (χ1) is 28.0. The monoisotopic (exact) mass is 791 g/mol. The molecule has 0 aliphatic rings. The van der Waals surface area contributed by atoms with Gasteiger partial charge in [-0.15, -0.1) is 0 Å². The molecule has 0 aromatic carbocycles. The van der Waals surface area contributed by atoms with Crippen LogP contribution in [0.5, 0.6) is 0 Å². The molecule has 0 saturated carbocycles. The van der Waals surface area contributed by atoms with Crippen molar-refractivity contribution in [3.8, 4) is 0 Å². The van der Waals surface area contributed by atoms with Crippen LogP contribution in [0.25, 0.3) is 0 Å². The van der Waals surface area contributed by atoms with E-state index in [9.17, 15) is 14.4 Å². The van der Waals surface area contributed by atoms with Crippen LogP contribution in [0.2, 0.25) is 0 Å². The highest BCUT2D eigenvalue weighted by atomic mass is 16.6. The molecule has 0 aliphatic carbocycles. The Morgan fingerprint density at radius 2 is 0.719 bits per heavy atom. The molecule has 0 radical (unpaired) electrons. The van der Waals surface area contributed by atoms with E-state index in [-0.39, 0.29) is 44.0 Å². The summed E-state index contributed by atoms with van der Waals surface area (Å²) < 4.78 is 16.6. The van der Waals surface area contributed by atoms with Crippen molar-refractivity contribution in [2.45, 2.75) is 194 Å². The van der Waals surface area contributed by atoms with Gasteiger partial charge in [-0.1, -0.05) is 163 Å². The molecule has 0 spiro atoms. The molecule has 322 valence electrons. The third-order valence-electron chi connectivity index (χ3n) is 9.04. The number of carbonyl (C=O) groups is 3. The molecule has 0 amide bonds. The highest BCUT2D eigenvalue weighted by Gasteiger charge is 2.19. The Hall–Kier alpha value is -3.67. The minimum Gasteiger partial charge on any atom is -0.462 e. The predicted molar refractivity (Wildman–Crippen MR) is 242 cm³/mol. The number of hydrogen-bond donors (Lipinski definition) is 0. The van der Waals surface area contributed by atoms with Gasteiger partial charge in [-0.05, 0) is 103 Å². The van der Waals surface area contributed by atoms with Crippen molar-refractivity contribution >= 4 is 17.9 Å². The lowest BCUT2D eigenvalue weighted by atomic mass is 10.1. The van der Waals surface area contributed by atoms with Crippen molar-refractivity contribution in [2.75, 3.05) is 13.2 Å². The number of ether oxygens (including phenoxy) is 3. The van der Waals surface area contributed by atoms with Gasteiger partial charge in [-0.25, -0.2) is 0 Å². The summed E-state index contributed by atoms with van der Waals surface area (Å²) in [6.07, 6.45) is 58.3. The maximum absolute atomic E-state index is 12.7. The van der Waals surface area contributed by atoms with Gasteiger partial charge in [-0.3, -0.25) is 14.4 Å². The quantitative estimate of drug-likeness (QED) is 0.0267. The summed E-state index contributed by atoms with van der Waals surface area (Å²) >= 11 is 0. The molecule has 1 unspecified atom stereocenters. The van der Waals surface area contributed by atoms with Gasteiger partial charge in [0.05, 0.1) is 0 Å². The lowest BCUT2D eigenvalue weighted by Gasteiger charge is -2.18. The summed E-state index contributed by atoms with van der Waals surface area (Å²) in [6, 6.07) is 0. The average molecular weight is 791 g/mol. The van der Waals surface area contributed by atoms with Gasteiger partial charge >= 0.3 is 17.9 Å². The van der Waals surface area contributed by atoms with Gasteiger partial charge in [-0.2, -0.15) is 0 Å². The summed E-state index contributed by atoms with van der Waals surface area (Å²) in [5.41, 5.74) is 0. The van der Waals surface area contributed by atoms with Crippen molar-refractivity contribution in [3.63, 3.8) is 0 Å².